The lowest BCUT2D eigenvalue weighted by molar-refractivity contribution is 0.102. The number of imidazole rings is 1. The number of Topliss-reactive ketones (excluding diaryl/α,β-unsaturated/α-hetero) is 1. The van der Waals surface area contributed by atoms with E-state index in [2.05, 4.69) is 57.0 Å². The number of rotatable bonds is 7. The van der Waals surface area contributed by atoms with Crippen LogP contribution >= 0.6 is 0 Å². The number of carbonyl (C=O) groups is 1. The number of nitrogens with zero attached hydrogens (tertiary/aromatic N) is 6. The molecule has 0 saturated heterocycles. The number of nitrogens with one attached hydrogen (secondary N) is 1. The van der Waals surface area contributed by atoms with Gasteiger partial charge in [0.05, 0.1) is 0 Å². The summed E-state index contributed by atoms with van der Waals surface area (Å²) in [6, 6.07) is 16.3. The van der Waals surface area contributed by atoms with Crippen molar-refractivity contribution in [3.63, 3.8) is 0 Å². The molecule has 0 atom stereocenters. The van der Waals surface area contributed by atoms with Gasteiger partial charge in [-0.15, -0.1) is 10.2 Å². The van der Waals surface area contributed by atoms with Crippen LogP contribution in [0.15, 0.2) is 64.8 Å². The molecule has 0 saturated carbocycles. The number of benzene rings is 2. The fourth-order valence-corrected chi connectivity index (χ4v) is 4.56. The van der Waals surface area contributed by atoms with Gasteiger partial charge in [0.15, 0.2) is 0 Å². The fraction of sp³-hybridized carbons (Fsp3) is 0.259. The van der Waals surface area contributed by atoms with Crippen LogP contribution in [0, 0.1) is 0 Å². The Balaban J connectivity index is 1.53. The minimum Gasteiger partial charge on any atom is -0.399 e. The maximum atomic E-state index is 13.4. The van der Waals surface area contributed by atoms with Gasteiger partial charge in [0.1, 0.15) is 30.0 Å². The molecule has 4 aromatic rings. The Morgan fingerprint density at radius 1 is 1.03 bits per heavy atom. The molecule has 9 heteroatoms. The van der Waals surface area contributed by atoms with Crippen LogP contribution < -0.4 is 0 Å². The summed E-state index contributed by atoms with van der Waals surface area (Å²) in [5, 5.41) is 18.7. The Kier molecular flexibility index (Phi) is 6.28. The lowest BCUT2D eigenvalue weighted by atomic mass is 9.91. The Hall–Kier alpha value is -4.40. The summed E-state index contributed by atoms with van der Waals surface area (Å²) in [7, 11) is 1.51. The molecule has 182 valence electrons. The Bertz CT molecular complexity index is 1480. The molecule has 1 aliphatic carbocycles. The standard InChI is InChI=1S/C27H27N7O2/c1-5-8-22-28-24-23(31-36-4)16(2)17(3)26(35)25(24)34(22)15-18-11-13-19(14-12-18)20-9-6-7-10-21(20)27-29-32-33-30-27/h6-7,9-14H,5,8,15H2,1-4H3,(H,29,30,32,33)/b31-23+. The van der Waals surface area contributed by atoms with Gasteiger partial charge < -0.3 is 9.40 Å². The first-order valence-corrected chi connectivity index (χ1v) is 11.9. The van der Waals surface area contributed by atoms with Crippen LogP contribution in [0.1, 0.15) is 54.8 Å². The van der Waals surface area contributed by atoms with Crippen molar-refractivity contribution in [1.29, 1.82) is 0 Å². The summed E-state index contributed by atoms with van der Waals surface area (Å²) >= 11 is 0. The molecule has 2 heterocycles. The van der Waals surface area contributed by atoms with Crippen molar-refractivity contribution in [2.24, 2.45) is 5.16 Å². The average Bonchev–Trinajstić information content (AvgIpc) is 3.55. The second-order valence-corrected chi connectivity index (χ2v) is 8.74. The molecular formula is C27H27N7O2. The summed E-state index contributed by atoms with van der Waals surface area (Å²) in [5.41, 5.74) is 7.28. The number of aromatic nitrogens is 6. The van der Waals surface area contributed by atoms with E-state index >= 15 is 0 Å². The van der Waals surface area contributed by atoms with E-state index in [1.54, 1.807) is 0 Å². The molecule has 2 aromatic carbocycles. The van der Waals surface area contributed by atoms with Gasteiger partial charge in [0.2, 0.25) is 11.6 Å². The van der Waals surface area contributed by atoms with E-state index in [-0.39, 0.29) is 5.78 Å². The molecule has 0 spiro atoms. The van der Waals surface area contributed by atoms with Crippen LogP contribution in [0.3, 0.4) is 0 Å². The van der Waals surface area contributed by atoms with Gasteiger partial charge in [-0.1, -0.05) is 60.6 Å². The first kappa shape index (κ1) is 23.3. The molecule has 0 fully saturated rings. The van der Waals surface area contributed by atoms with Gasteiger partial charge >= 0.3 is 0 Å². The van der Waals surface area contributed by atoms with Crippen molar-refractivity contribution in [3.8, 4) is 22.5 Å². The Morgan fingerprint density at radius 3 is 2.44 bits per heavy atom. The zero-order valence-corrected chi connectivity index (χ0v) is 20.7. The third kappa shape index (κ3) is 4.02. The molecule has 0 radical (unpaired) electrons. The van der Waals surface area contributed by atoms with E-state index in [9.17, 15) is 4.79 Å². The molecule has 0 bridgehead atoms. The zero-order chi connectivity index (χ0) is 25.2. The van der Waals surface area contributed by atoms with Crippen LogP contribution in [0.2, 0.25) is 0 Å². The highest BCUT2D eigenvalue weighted by atomic mass is 16.6. The predicted molar refractivity (Wildman–Crippen MR) is 137 cm³/mol. The highest BCUT2D eigenvalue weighted by Gasteiger charge is 2.33. The minimum atomic E-state index is -0.0157. The van der Waals surface area contributed by atoms with E-state index in [1.807, 2.05) is 42.7 Å². The van der Waals surface area contributed by atoms with Crippen LogP contribution in [0.4, 0.5) is 0 Å². The smallest absolute Gasteiger partial charge is 0.207 e. The van der Waals surface area contributed by atoms with Crippen LogP contribution in [-0.2, 0) is 17.8 Å². The van der Waals surface area contributed by atoms with Crippen molar-refractivity contribution in [1.82, 2.24) is 30.2 Å². The second-order valence-electron chi connectivity index (χ2n) is 8.74. The van der Waals surface area contributed by atoms with Gasteiger partial charge in [-0.2, -0.15) is 5.21 Å². The van der Waals surface area contributed by atoms with Crippen molar-refractivity contribution < 1.29 is 9.63 Å². The lowest BCUT2D eigenvalue weighted by Gasteiger charge is -2.18. The first-order chi connectivity index (χ1) is 17.5. The molecule has 5 rings (SSSR count). The number of hydrogen-bond donors (Lipinski definition) is 1. The Labute approximate surface area is 208 Å². The maximum Gasteiger partial charge on any atom is 0.207 e. The number of aryl methyl sites for hydroxylation is 1. The molecule has 0 aliphatic heterocycles. The van der Waals surface area contributed by atoms with E-state index < -0.39 is 0 Å². The molecule has 0 amide bonds. The van der Waals surface area contributed by atoms with Gasteiger partial charge in [0, 0.05) is 24.1 Å². The van der Waals surface area contributed by atoms with E-state index in [0.717, 1.165) is 46.5 Å². The predicted octanol–water partition coefficient (Wildman–Crippen LogP) is 4.61. The molecule has 36 heavy (non-hydrogen) atoms. The number of allylic oxidation sites excluding steroid dienone is 2. The summed E-state index contributed by atoms with van der Waals surface area (Å²) in [6.07, 6.45) is 1.67. The first-order valence-electron chi connectivity index (χ1n) is 11.9. The minimum absolute atomic E-state index is 0.0157. The number of carbonyl (C=O) groups excluding carboxylic acids is 1. The summed E-state index contributed by atoms with van der Waals surface area (Å²) < 4.78 is 2.03. The third-order valence-electron chi connectivity index (χ3n) is 6.52. The topological polar surface area (TPSA) is 111 Å². The zero-order valence-electron chi connectivity index (χ0n) is 20.7. The summed E-state index contributed by atoms with van der Waals surface area (Å²) in [5.74, 6) is 1.40. The number of tetrazole rings is 1. The number of ketones is 1. The molecule has 1 aliphatic rings. The number of oxime groups is 1. The van der Waals surface area contributed by atoms with E-state index in [1.165, 1.54) is 7.11 Å². The van der Waals surface area contributed by atoms with E-state index in [4.69, 9.17) is 9.82 Å². The molecule has 9 nitrogen and oxygen atoms in total. The number of aromatic amines is 1. The van der Waals surface area contributed by atoms with E-state index in [0.29, 0.717) is 35.0 Å². The van der Waals surface area contributed by atoms with Gasteiger partial charge in [-0.05, 0) is 47.7 Å². The summed E-state index contributed by atoms with van der Waals surface area (Å²) in [6.45, 7) is 6.35. The van der Waals surface area contributed by atoms with Crippen LogP contribution in [0.25, 0.3) is 22.5 Å². The van der Waals surface area contributed by atoms with Crippen molar-refractivity contribution >= 4 is 11.5 Å². The monoisotopic (exact) mass is 481 g/mol. The molecule has 1 N–H and O–H groups in total. The molecule has 2 aromatic heterocycles. The van der Waals surface area contributed by atoms with Gasteiger partial charge in [-0.25, -0.2) is 4.98 Å². The maximum absolute atomic E-state index is 13.4. The highest BCUT2D eigenvalue weighted by molar-refractivity contribution is 6.26. The Morgan fingerprint density at radius 2 is 1.78 bits per heavy atom. The number of fused-ring (bicyclic) bond motifs is 1. The third-order valence-corrected chi connectivity index (χ3v) is 6.52. The number of H-pyrrole nitrogens is 1. The van der Waals surface area contributed by atoms with Crippen molar-refractivity contribution in [3.05, 3.63) is 82.5 Å². The normalized spacial score (nSPS) is 14.4. The fourth-order valence-electron chi connectivity index (χ4n) is 4.56. The largest absolute Gasteiger partial charge is 0.399 e. The quantitative estimate of drug-likeness (QED) is 0.386. The molecular weight excluding hydrogens is 454 g/mol. The number of hydrogen-bond acceptors (Lipinski definition) is 7. The molecule has 0 unspecified atom stereocenters. The van der Waals surface area contributed by atoms with Crippen LogP contribution in [-0.4, -0.2) is 48.8 Å². The summed E-state index contributed by atoms with van der Waals surface area (Å²) in [4.78, 5) is 23.3. The van der Waals surface area contributed by atoms with Gasteiger partial charge in [-0.3, -0.25) is 4.79 Å². The average molecular weight is 482 g/mol. The lowest BCUT2D eigenvalue weighted by Crippen LogP contribution is -2.23. The SMILES string of the molecule is CCCc1nc2c(n1Cc1ccc(-c3ccccc3-c3nn[nH]n3)cc1)C(=O)C(C)=C(C)/C2=N\OC. The van der Waals surface area contributed by atoms with Gasteiger partial charge in [0.25, 0.3) is 0 Å². The van der Waals surface area contributed by atoms with Crippen molar-refractivity contribution in [2.75, 3.05) is 7.11 Å². The second kappa shape index (κ2) is 9.69. The highest BCUT2D eigenvalue weighted by Crippen LogP contribution is 2.31. The van der Waals surface area contributed by atoms with Crippen LogP contribution in [0.5, 0.6) is 0 Å². The van der Waals surface area contributed by atoms with Crippen molar-refractivity contribution in [2.45, 2.75) is 40.2 Å².